The van der Waals surface area contributed by atoms with E-state index in [0.717, 1.165) is 12.1 Å². The number of sulfonamides is 1. The third-order valence-corrected chi connectivity index (χ3v) is 5.83. The van der Waals surface area contributed by atoms with Crippen molar-refractivity contribution in [1.29, 1.82) is 0 Å². The van der Waals surface area contributed by atoms with E-state index in [1.54, 1.807) is 0 Å². The van der Waals surface area contributed by atoms with Gasteiger partial charge < -0.3 is 14.4 Å². The largest absolute Gasteiger partial charge is 0.495 e. The molecule has 1 amide bonds. The van der Waals surface area contributed by atoms with Gasteiger partial charge in [-0.25, -0.2) is 13.1 Å². The van der Waals surface area contributed by atoms with E-state index >= 15 is 0 Å². The summed E-state index contributed by atoms with van der Waals surface area (Å²) in [6, 6.07) is 8.43. The number of ether oxygens (including phenoxy) is 2. The zero-order valence-electron chi connectivity index (χ0n) is 17.2. The first-order valence-corrected chi connectivity index (χ1v) is 10.6. The molecule has 1 N–H and O–H groups in total. The van der Waals surface area contributed by atoms with Gasteiger partial charge in [0.25, 0.3) is 5.91 Å². The van der Waals surface area contributed by atoms with Crippen LogP contribution in [0.15, 0.2) is 47.4 Å². The average molecular weight is 460 g/mol. The number of rotatable bonds is 9. The van der Waals surface area contributed by atoms with Crippen molar-refractivity contribution in [2.75, 3.05) is 34.4 Å². The first-order valence-electron chi connectivity index (χ1n) is 9.08. The normalized spacial score (nSPS) is 11.9. The minimum Gasteiger partial charge on any atom is -0.495 e. The number of nitrogens with one attached hydrogen (secondary N) is 1. The van der Waals surface area contributed by atoms with Crippen molar-refractivity contribution < 1.29 is 35.9 Å². The van der Waals surface area contributed by atoms with Crippen molar-refractivity contribution in [1.82, 2.24) is 9.62 Å². The molecule has 2 aromatic rings. The summed E-state index contributed by atoms with van der Waals surface area (Å²) in [4.78, 5) is 13.9. The molecule has 0 spiro atoms. The van der Waals surface area contributed by atoms with Gasteiger partial charge in [-0.3, -0.25) is 4.79 Å². The summed E-state index contributed by atoms with van der Waals surface area (Å²) in [6.45, 7) is 0.237. The van der Waals surface area contributed by atoms with Gasteiger partial charge in [0.15, 0.2) is 0 Å². The predicted octanol–water partition coefficient (Wildman–Crippen LogP) is 2.91. The lowest BCUT2D eigenvalue weighted by Gasteiger charge is -2.19. The summed E-state index contributed by atoms with van der Waals surface area (Å²) < 4.78 is 75.5. The van der Waals surface area contributed by atoms with Crippen LogP contribution in [0, 0.1) is 0 Å². The molecule has 2 aromatic carbocycles. The number of methoxy groups -OCH3 is 2. The molecule has 7 nitrogen and oxygen atoms in total. The first kappa shape index (κ1) is 24.6. The molecule has 0 aliphatic heterocycles. The van der Waals surface area contributed by atoms with Gasteiger partial charge in [-0.2, -0.15) is 13.2 Å². The average Bonchev–Trinajstić information content (AvgIpc) is 2.72. The number of hydrogen-bond acceptors (Lipinski definition) is 5. The van der Waals surface area contributed by atoms with Crippen LogP contribution in [0.2, 0.25) is 0 Å². The third-order valence-electron chi connectivity index (χ3n) is 4.35. The summed E-state index contributed by atoms with van der Waals surface area (Å²) in [6.07, 6.45) is -4.44. The van der Waals surface area contributed by atoms with E-state index in [0.29, 0.717) is 5.56 Å². The van der Waals surface area contributed by atoms with E-state index in [4.69, 9.17) is 9.47 Å². The van der Waals surface area contributed by atoms with Gasteiger partial charge in [0, 0.05) is 32.8 Å². The lowest BCUT2D eigenvalue weighted by molar-refractivity contribution is -0.137. The molecule has 0 bridgehead atoms. The van der Waals surface area contributed by atoms with Crippen molar-refractivity contribution in [3.8, 4) is 5.75 Å². The quantitative estimate of drug-likeness (QED) is 0.582. The Bertz CT molecular complexity index is 1010. The van der Waals surface area contributed by atoms with Crippen molar-refractivity contribution >= 4 is 15.9 Å². The highest BCUT2D eigenvalue weighted by molar-refractivity contribution is 7.89. The van der Waals surface area contributed by atoms with Gasteiger partial charge in [0.1, 0.15) is 10.6 Å². The summed E-state index contributed by atoms with van der Waals surface area (Å²) in [5.74, 6) is -0.442. The SMILES string of the molecule is COCCNS(=O)(=O)c1cc(C(=O)N(C)Cc2ccc(C(F)(F)F)cc2)ccc1OC. The van der Waals surface area contributed by atoms with Crippen molar-refractivity contribution in [3.05, 3.63) is 59.2 Å². The Balaban J connectivity index is 2.22. The molecule has 0 aliphatic carbocycles. The fourth-order valence-corrected chi connectivity index (χ4v) is 3.95. The van der Waals surface area contributed by atoms with Crippen LogP contribution >= 0.6 is 0 Å². The van der Waals surface area contributed by atoms with Crippen LogP contribution < -0.4 is 9.46 Å². The molecule has 0 saturated heterocycles. The Kier molecular flexibility index (Phi) is 8.04. The van der Waals surface area contributed by atoms with Crippen molar-refractivity contribution in [2.24, 2.45) is 0 Å². The van der Waals surface area contributed by atoms with Gasteiger partial charge >= 0.3 is 6.18 Å². The Hall–Kier alpha value is -2.63. The van der Waals surface area contributed by atoms with Gasteiger partial charge in [0.05, 0.1) is 19.3 Å². The summed E-state index contributed by atoms with van der Waals surface area (Å²) in [5, 5.41) is 0. The fraction of sp³-hybridized carbons (Fsp3) is 0.350. The highest BCUT2D eigenvalue weighted by Gasteiger charge is 2.30. The van der Waals surface area contributed by atoms with Crippen LogP contribution in [0.25, 0.3) is 0 Å². The number of hydrogen-bond donors (Lipinski definition) is 1. The Morgan fingerprint density at radius 1 is 1.10 bits per heavy atom. The van der Waals surface area contributed by atoms with Crippen LogP contribution in [-0.4, -0.2) is 53.6 Å². The van der Waals surface area contributed by atoms with Gasteiger partial charge in [-0.15, -0.1) is 0 Å². The fourth-order valence-electron chi connectivity index (χ4n) is 2.74. The molecule has 0 aromatic heterocycles. The molecular weight excluding hydrogens is 437 g/mol. The van der Waals surface area contributed by atoms with E-state index in [1.807, 2.05) is 0 Å². The Morgan fingerprint density at radius 3 is 2.29 bits per heavy atom. The van der Waals surface area contributed by atoms with E-state index in [1.165, 1.54) is 56.5 Å². The van der Waals surface area contributed by atoms with Crippen LogP contribution in [0.3, 0.4) is 0 Å². The number of nitrogens with zero attached hydrogens (tertiary/aromatic N) is 1. The van der Waals surface area contributed by atoms with Crippen LogP contribution in [0.4, 0.5) is 13.2 Å². The second kappa shape index (κ2) is 10.1. The molecule has 0 unspecified atom stereocenters. The van der Waals surface area contributed by atoms with Crippen LogP contribution in [0.1, 0.15) is 21.5 Å². The highest BCUT2D eigenvalue weighted by Crippen LogP contribution is 2.29. The monoisotopic (exact) mass is 460 g/mol. The number of carbonyl (C=O) groups excluding carboxylic acids is 1. The Morgan fingerprint density at radius 2 is 1.74 bits per heavy atom. The number of benzene rings is 2. The molecule has 0 radical (unpaired) electrons. The van der Waals surface area contributed by atoms with Gasteiger partial charge in [0.2, 0.25) is 10.0 Å². The lowest BCUT2D eigenvalue weighted by atomic mass is 10.1. The van der Waals surface area contributed by atoms with E-state index in [2.05, 4.69) is 4.72 Å². The minimum atomic E-state index is -4.44. The Labute approximate surface area is 178 Å². The third kappa shape index (κ3) is 6.42. The second-order valence-electron chi connectivity index (χ2n) is 6.61. The number of alkyl halides is 3. The van der Waals surface area contributed by atoms with Crippen molar-refractivity contribution in [2.45, 2.75) is 17.6 Å². The summed E-state index contributed by atoms with van der Waals surface area (Å²) in [5.41, 5.74) is -0.204. The maximum atomic E-state index is 12.8. The molecule has 31 heavy (non-hydrogen) atoms. The zero-order valence-corrected chi connectivity index (χ0v) is 18.0. The smallest absolute Gasteiger partial charge is 0.416 e. The first-order chi connectivity index (χ1) is 14.5. The molecule has 0 aliphatic rings. The molecule has 0 saturated carbocycles. The molecule has 11 heteroatoms. The van der Waals surface area contributed by atoms with E-state index in [-0.39, 0.29) is 35.9 Å². The molecule has 2 rings (SSSR count). The maximum Gasteiger partial charge on any atom is 0.416 e. The molecule has 0 atom stereocenters. The van der Waals surface area contributed by atoms with E-state index < -0.39 is 27.7 Å². The summed E-state index contributed by atoms with van der Waals surface area (Å²) >= 11 is 0. The zero-order chi connectivity index (χ0) is 23.2. The molecule has 0 fully saturated rings. The van der Waals surface area contributed by atoms with Gasteiger partial charge in [-0.1, -0.05) is 12.1 Å². The lowest BCUT2D eigenvalue weighted by Crippen LogP contribution is -2.29. The molecule has 0 heterocycles. The number of carbonyl (C=O) groups is 1. The van der Waals surface area contributed by atoms with E-state index in [9.17, 15) is 26.4 Å². The summed E-state index contributed by atoms with van der Waals surface area (Å²) in [7, 11) is 0.239. The van der Waals surface area contributed by atoms with Crippen LogP contribution in [-0.2, 0) is 27.5 Å². The number of halogens is 3. The highest BCUT2D eigenvalue weighted by atomic mass is 32.2. The predicted molar refractivity (Wildman–Crippen MR) is 107 cm³/mol. The van der Waals surface area contributed by atoms with Crippen molar-refractivity contribution in [3.63, 3.8) is 0 Å². The topological polar surface area (TPSA) is 84.9 Å². The second-order valence-corrected chi connectivity index (χ2v) is 8.35. The minimum absolute atomic E-state index is 0.0357. The molecule has 170 valence electrons. The van der Waals surface area contributed by atoms with Gasteiger partial charge in [-0.05, 0) is 35.9 Å². The van der Waals surface area contributed by atoms with Crippen LogP contribution in [0.5, 0.6) is 5.75 Å². The number of amides is 1. The standard InChI is InChI=1S/C20H23F3N2O5S/c1-25(13-14-4-7-16(8-5-14)20(21,22)23)19(26)15-6-9-17(30-3)18(12-15)31(27,28)24-10-11-29-2/h4-9,12,24H,10-11,13H2,1-3H3. The molecular formula is C20H23F3N2O5S. The maximum absolute atomic E-state index is 12.8.